The molecule has 0 saturated heterocycles. The lowest BCUT2D eigenvalue weighted by Gasteiger charge is -2.12. The van der Waals surface area contributed by atoms with Crippen molar-refractivity contribution in [3.8, 4) is 5.75 Å². The van der Waals surface area contributed by atoms with E-state index in [9.17, 15) is 9.59 Å². The number of carbonyl (C=O) groups excluding carboxylic acids is 2. The van der Waals surface area contributed by atoms with Crippen molar-refractivity contribution >= 4 is 29.3 Å². The summed E-state index contributed by atoms with van der Waals surface area (Å²) < 4.78 is 5.84. The summed E-state index contributed by atoms with van der Waals surface area (Å²) in [6.45, 7) is 5.68. The van der Waals surface area contributed by atoms with E-state index in [1.54, 1.807) is 24.3 Å². The zero-order chi connectivity index (χ0) is 25.3. The smallest absolute Gasteiger partial charge is 0.255 e. The molecule has 0 saturated carbocycles. The molecule has 0 spiro atoms. The highest BCUT2D eigenvalue weighted by Crippen LogP contribution is 2.27. The van der Waals surface area contributed by atoms with Crippen LogP contribution in [-0.4, -0.2) is 31.2 Å². The van der Waals surface area contributed by atoms with Gasteiger partial charge in [0.15, 0.2) is 0 Å². The first-order chi connectivity index (χ1) is 17.1. The fraction of sp³-hybridized carbons (Fsp3) is 0.517. The first-order valence-electron chi connectivity index (χ1n) is 13.1. The summed E-state index contributed by atoms with van der Waals surface area (Å²) >= 11 is 1.53. The van der Waals surface area contributed by atoms with Crippen LogP contribution in [0, 0.1) is 0 Å². The predicted octanol–water partition coefficient (Wildman–Crippen LogP) is 7.71. The van der Waals surface area contributed by atoms with E-state index >= 15 is 0 Å². The third kappa shape index (κ3) is 10.8. The Morgan fingerprint density at radius 2 is 1.40 bits per heavy atom. The fourth-order valence-corrected chi connectivity index (χ4v) is 4.28. The van der Waals surface area contributed by atoms with Crippen LogP contribution in [0.15, 0.2) is 47.4 Å². The van der Waals surface area contributed by atoms with Crippen molar-refractivity contribution in [2.45, 2.75) is 83.0 Å². The van der Waals surface area contributed by atoms with E-state index in [0.29, 0.717) is 30.0 Å². The quantitative estimate of drug-likeness (QED) is 0.173. The number of thioether (sulfide) groups is 1. The maximum Gasteiger partial charge on any atom is 0.255 e. The molecule has 2 aromatic rings. The third-order valence-corrected chi connectivity index (χ3v) is 6.70. The van der Waals surface area contributed by atoms with Gasteiger partial charge in [-0.3, -0.25) is 9.59 Å². The third-order valence-electron chi connectivity index (χ3n) is 5.91. The first-order valence-corrected chi connectivity index (χ1v) is 14.3. The molecule has 2 N–H and O–H groups in total. The minimum atomic E-state index is -0.210. The van der Waals surface area contributed by atoms with Crippen molar-refractivity contribution in [2.24, 2.45) is 0 Å². The summed E-state index contributed by atoms with van der Waals surface area (Å²) in [5.74, 6) is 0.443. The van der Waals surface area contributed by atoms with Crippen LogP contribution in [-0.2, 0) is 0 Å². The lowest BCUT2D eigenvalue weighted by atomic mass is 10.1. The number of hydrogen-bond acceptors (Lipinski definition) is 4. The molecule has 0 aliphatic rings. The molecule has 35 heavy (non-hydrogen) atoms. The van der Waals surface area contributed by atoms with E-state index in [-0.39, 0.29) is 11.8 Å². The number of benzene rings is 2. The van der Waals surface area contributed by atoms with Crippen LogP contribution in [0.3, 0.4) is 0 Å². The molecule has 2 rings (SSSR count). The van der Waals surface area contributed by atoms with Crippen molar-refractivity contribution in [3.63, 3.8) is 0 Å². The van der Waals surface area contributed by atoms with Crippen LogP contribution >= 0.6 is 11.8 Å². The van der Waals surface area contributed by atoms with Gasteiger partial charge in [-0.25, -0.2) is 0 Å². The standard InChI is InChI=1S/C29H42N2O3S/c1-4-6-8-9-10-11-12-13-21-34-25-17-14-23(15-18-25)29(33)31-26-22-24(16-19-27(26)35-3)28(32)30-20-7-5-2/h14-19,22H,4-13,20-21H2,1-3H3,(H,30,32)(H,31,33). The molecule has 0 aliphatic carbocycles. The van der Waals surface area contributed by atoms with Crippen molar-refractivity contribution in [3.05, 3.63) is 53.6 Å². The van der Waals surface area contributed by atoms with Crippen molar-refractivity contribution in [2.75, 3.05) is 24.7 Å². The zero-order valence-electron chi connectivity index (χ0n) is 21.7. The monoisotopic (exact) mass is 498 g/mol. The van der Waals surface area contributed by atoms with Crippen molar-refractivity contribution in [1.82, 2.24) is 5.32 Å². The number of amides is 2. The summed E-state index contributed by atoms with van der Waals surface area (Å²) in [5, 5.41) is 5.89. The number of unbranched alkanes of at least 4 members (excludes halogenated alkanes) is 8. The van der Waals surface area contributed by atoms with Gasteiger partial charge in [-0.2, -0.15) is 0 Å². The molecule has 192 valence electrons. The van der Waals surface area contributed by atoms with Crippen LogP contribution in [0.2, 0.25) is 0 Å². The Labute approximate surface area is 215 Å². The van der Waals surface area contributed by atoms with E-state index in [2.05, 4.69) is 24.5 Å². The molecule has 0 bridgehead atoms. The molecule has 0 aromatic heterocycles. The highest BCUT2D eigenvalue weighted by atomic mass is 32.2. The molecule has 0 aliphatic heterocycles. The van der Waals surface area contributed by atoms with Gasteiger partial charge in [0.05, 0.1) is 12.3 Å². The van der Waals surface area contributed by atoms with Gasteiger partial charge in [-0.1, -0.05) is 65.2 Å². The van der Waals surface area contributed by atoms with Gasteiger partial charge in [0, 0.05) is 22.6 Å². The number of hydrogen-bond donors (Lipinski definition) is 2. The summed E-state index contributed by atoms with van der Waals surface area (Å²) in [4.78, 5) is 26.2. The van der Waals surface area contributed by atoms with Crippen molar-refractivity contribution < 1.29 is 14.3 Å². The van der Waals surface area contributed by atoms with Crippen LogP contribution in [0.4, 0.5) is 5.69 Å². The Hall–Kier alpha value is -2.47. The van der Waals surface area contributed by atoms with Crippen LogP contribution < -0.4 is 15.4 Å². The van der Waals surface area contributed by atoms with E-state index in [1.807, 2.05) is 24.5 Å². The molecule has 6 heteroatoms. The van der Waals surface area contributed by atoms with Gasteiger partial charge in [0.2, 0.25) is 0 Å². The largest absolute Gasteiger partial charge is 0.494 e. The second-order valence-corrected chi connectivity index (χ2v) is 9.67. The predicted molar refractivity (Wildman–Crippen MR) is 148 cm³/mol. The molecule has 2 amide bonds. The number of ether oxygens (including phenoxy) is 1. The van der Waals surface area contributed by atoms with Gasteiger partial charge in [0.25, 0.3) is 11.8 Å². The molecule has 0 unspecified atom stereocenters. The summed E-state index contributed by atoms with van der Waals surface area (Å²) in [6, 6.07) is 12.6. The SMILES string of the molecule is CCCCCCCCCCOc1ccc(C(=O)Nc2cc(C(=O)NCCCC)ccc2SC)cc1. The Bertz CT molecular complexity index is 899. The van der Waals surface area contributed by atoms with Gasteiger partial charge in [-0.05, 0) is 61.6 Å². The second kappa shape index (κ2) is 17.0. The van der Waals surface area contributed by atoms with E-state index in [0.717, 1.165) is 29.9 Å². The maximum absolute atomic E-state index is 12.9. The topological polar surface area (TPSA) is 67.4 Å². The Balaban J connectivity index is 1.83. The summed E-state index contributed by atoms with van der Waals surface area (Å²) in [6.07, 6.45) is 14.1. The minimum absolute atomic E-state index is 0.125. The minimum Gasteiger partial charge on any atom is -0.494 e. The highest BCUT2D eigenvalue weighted by Gasteiger charge is 2.13. The average Bonchev–Trinajstić information content (AvgIpc) is 2.88. The molecular weight excluding hydrogens is 456 g/mol. The molecular formula is C29H42N2O3S. The Morgan fingerprint density at radius 3 is 2.06 bits per heavy atom. The molecule has 2 aromatic carbocycles. The zero-order valence-corrected chi connectivity index (χ0v) is 22.5. The fourth-order valence-electron chi connectivity index (χ4n) is 3.75. The first kappa shape index (κ1) is 28.8. The van der Waals surface area contributed by atoms with Gasteiger partial charge in [-0.15, -0.1) is 11.8 Å². The Morgan fingerprint density at radius 1 is 0.771 bits per heavy atom. The molecule has 0 radical (unpaired) electrons. The number of rotatable bonds is 17. The number of anilines is 1. The van der Waals surface area contributed by atoms with Crippen LogP contribution in [0.25, 0.3) is 0 Å². The van der Waals surface area contributed by atoms with Gasteiger partial charge >= 0.3 is 0 Å². The van der Waals surface area contributed by atoms with E-state index in [1.165, 1.54) is 56.7 Å². The molecule has 0 heterocycles. The van der Waals surface area contributed by atoms with Crippen LogP contribution in [0.1, 0.15) is 98.8 Å². The molecule has 0 atom stereocenters. The summed E-state index contributed by atoms with van der Waals surface area (Å²) in [7, 11) is 0. The molecule has 5 nitrogen and oxygen atoms in total. The molecule has 0 fully saturated rings. The highest BCUT2D eigenvalue weighted by molar-refractivity contribution is 7.98. The van der Waals surface area contributed by atoms with E-state index < -0.39 is 0 Å². The van der Waals surface area contributed by atoms with Crippen LogP contribution in [0.5, 0.6) is 5.75 Å². The number of nitrogens with one attached hydrogen (secondary N) is 2. The second-order valence-electron chi connectivity index (χ2n) is 8.83. The van der Waals surface area contributed by atoms with Crippen molar-refractivity contribution in [1.29, 1.82) is 0 Å². The van der Waals surface area contributed by atoms with Gasteiger partial charge in [0.1, 0.15) is 5.75 Å². The lowest BCUT2D eigenvalue weighted by molar-refractivity contribution is 0.0951. The Kier molecular flexibility index (Phi) is 14.0. The number of carbonyl (C=O) groups is 2. The maximum atomic E-state index is 12.9. The lowest BCUT2D eigenvalue weighted by Crippen LogP contribution is -2.24. The summed E-state index contributed by atoms with van der Waals surface area (Å²) in [5.41, 5.74) is 1.73. The van der Waals surface area contributed by atoms with Gasteiger partial charge < -0.3 is 15.4 Å². The average molecular weight is 499 g/mol. The van der Waals surface area contributed by atoms with E-state index in [4.69, 9.17) is 4.74 Å². The normalized spacial score (nSPS) is 10.7.